The van der Waals surface area contributed by atoms with Crippen LogP contribution in [-0.2, 0) is 4.79 Å². The van der Waals surface area contributed by atoms with Crippen molar-refractivity contribution in [3.63, 3.8) is 0 Å². The average Bonchev–Trinajstić information content (AvgIpc) is 2.90. The number of nitrogens with zero attached hydrogens (tertiary/aromatic N) is 1. The van der Waals surface area contributed by atoms with Crippen LogP contribution >= 0.6 is 11.3 Å². The molecule has 0 fully saturated rings. The highest BCUT2D eigenvalue weighted by Crippen LogP contribution is 2.29. The van der Waals surface area contributed by atoms with Gasteiger partial charge in [0.2, 0.25) is 0 Å². The van der Waals surface area contributed by atoms with Gasteiger partial charge in [-0.15, -0.1) is 11.3 Å². The van der Waals surface area contributed by atoms with Crippen molar-refractivity contribution in [1.82, 2.24) is 10.3 Å². The van der Waals surface area contributed by atoms with Gasteiger partial charge < -0.3 is 15.7 Å². The number of anilines is 1. The highest BCUT2D eigenvalue weighted by atomic mass is 32.1. The fourth-order valence-corrected chi connectivity index (χ4v) is 2.60. The van der Waals surface area contributed by atoms with Gasteiger partial charge in [-0.2, -0.15) is 0 Å². The zero-order valence-electron chi connectivity index (χ0n) is 12.1. The zero-order chi connectivity index (χ0) is 15.9. The second-order valence-corrected chi connectivity index (χ2v) is 5.84. The van der Waals surface area contributed by atoms with Crippen molar-refractivity contribution in [3.05, 3.63) is 34.7 Å². The van der Waals surface area contributed by atoms with E-state index in [0.29, 0.717) is 24.3 Å². The molecule has 0 saturated heterocycles. The van der Waals surface area contributed by atoms with Crippen molar-refractivity contribution in [1.29, 1.82) is 0 Å². The number of hydrogen-bond acceptors (Lipinski definition) is 4. The zero-order valence-corrected chi connectivity index (χ0v) is 12.9. The Bertz CT molecular complexity index is 670. The summed E-state index contributed by atoms with van der Waals surface area (Å²) in [6.45, 7) is 2.32. The summed E-state index contributed by atoms with van der Waals surface area (Å²) in [5.74, 6) is -0.871. The lowest BCUT2D eigenvalue weighted by Gasteiger charge is -2.10. The molecule has 6 nitrogen and oxygen atoms in total. The van der Waals surface area contributed by atoms with Gasteiger partial charge in [0, 0.05) is 35.0 Å². The van der Waals surface area contributed by atoms with Crippen LogP contribution in [0.3, 0.4) is 0 Å². The molecule has 2 heterocycles. The lowest BCUT2D eigenvalue weighted by molar-refractivity contribution is -0.137. The van der Waals surface area contributed by atoms with E-state index in [0.717, 1.165) is 5.56 Å². The summed E-state index contributed by atoms with van der Waals surface area (Å²) in [5.41, 5.74) is 2.30. The van der Waals surface area contributed by atoms with Gasteiger partial charge in [0.05, 0.1) is 11.4 Å². The molecule has 0 unspecified atom stereocenters. The molecular weight excluding hydrogens is 302 g/mol. The second kappa shape index (κ2) is 7.56. The predicted molar refractivity (Wildman–Crippen MR) is 86.2 cm³/mol. The molecule has 2 amide bonds. The molecule has 0 saturated carbocycles. The molecule has 0 aliphatic rings. The number of thiophene rings is 1. The SMILES string of the molecule is Cc1cc(-c2ncccc2NC(=O)NCCCC(=O)O)cs1. The van der Waals surface area contributed by atoms with E-state index in [-0.39, 0.29) is 12.5 Å². The molecule has 116 valence electrons. The van der Waals surface area contributed by atoms with Crippen molar-refractivity contribution in [2.24, 2.45) is 0 Å². The summed E-state index contributed by atoms with van der Waals surface area (Å²) >= 11 is 1.62. The Balaban J connectivity index is 1.98. The number of carbonyl (C=O) groups excluding carboxylic acids is 1. The minimum absolute atomic E-state index is 0.0343. The van der Waals surface area contributed by atoms with Crippen LogP contribution in [0.4, 0.5) is 10.5 Å². The maximum atomic E-state index is 11.9. The van der Waals surface area contributed by atoms with Gasteiger partial charge in [-0.1, -0.05) is 0 Å². The van der Waals surface area contributed by atoms with Gasteiger partial charge in [0.25, 0.3) is 0 Å². The molecular formula is C15H17N3O3S. The van der Waals surface area contributed by atoms with Gasteiger partial charge in [-0.05, 0) is 31.5 Å². The average molecular weight is 319 g/mol. The smallest absolute Gasteiger partial charge is 0.319 e. The molecule has 22 heavy (non-hydrogen) atoms. The minimum atomic E-state index is -0.871. The van der Waals surface area contributed by atoms with Crippen molar-refractivity contribution < 1.29 is 14.7 Å². The number of aryl methyl sites for hydroxylation is 1. The van der Waals surface area contributed by atoms with E-state index in [1.165, 1.54) is 4.88 Å². The number of carboxylic acids is 1. The molecule has 0 atom stereocenters. The Labute approximate surface area is 132 Å². The number of rotatable bonds is 6. The topological polar surface area (TPSA) is 91.3 Å². The molecule has 7 heteroatoms. The lowest BCUT2D eigenvalue weighted by atomic mass is 10.2. The van der Waals surface area contributed by atoms with Gasteiger partial charge in [-0.3, -0.25) is 9.78 Å². The molecule has 0 aliphatic heterocycles. The number of nitrogens with one attached hydrogen (secondary N) is 2. The van der Waals surface area contributed by atoms with Crippen LogP contribution in [0.2, 0.25) is 0 Å². The number of aromatic nitrogens is 1. The maximum absolute atomic E-state index is 11.9. The molecule has 0 radical (unpaired) electrons. The highest BCUT2D eigenvalue weighted by Gasteiger charge is 2.10. The van der Waals surface area contributed by atoms with Gasteiger partial charge in [0.15, 0.2) is 0 Å². The second-order valence-electron chi connectivity index (χ2n) is 4.72. The molecule has 0 bridgehead atoms. The van der Waals surface area contributed by atoms with Crippen LogP contribution in [0.1, 0.15) is 17.7 Å². The van der Waals surface area contributed by atoms with Crippen LogP contribution in [0.5, 0.6) is 0 Å². The Morgan fingerprint density at radius 2 is 2.23 bits per heavy atom. The number of urea groups is 1. The predicted octanol–water partition coefficient (Wildman–Crippen LogP) is 3.10. The van der Waals surface area contributed by atoms with E-state index in [1.54, 1.807) is 29.7 Å². The largest absolute Gasteiger partial charge is 0.481 e. The standard InChI is InChI=1S/C15H17N3O3S/c1-10-8-11(9-22-10)14-12(4-2-6-16-14)18-15(21)17-7-3-5-13(19)20/h2,4,6,8-9H,3,5,7H2,1H3,(H,19,20)(H2,17,18,21). The fourth-order valence-electron chi connectivity index (χ4n) is 1.91. The van der Waals surface area contributed by atoms with Gasteiger partial charge in [0.1, 0.15) is 0 Å². The molecule has 0 aliphatic carbocycles. The van der Waals surface area contributed by atoms with E-state index < -0.39 is 5.97 Å². The first-order valence-electron chi connectivity index (χ1n) is 6.83. The third-order valence-electron chi connectivity index (χ3n) is 2.91. The van der Waals surface area contributed by atoms with E-state index in [4.69, 9.17) is 5.11 Å². The molecule has 2 rings (SSSR count). The van der Waals surface area contributed by atoms with Crippen LogP contribution in [0, 0.1) is 6.92 Å². The number of aliphatic carboxylic acids is 1. The van der Waals surface area contributed by atoms with Crippen LogP contribution in [0.15, 0.2) is 29.8 Å². The van der Waals surface area contributed by atoms with Crippen molar-refractivity contribution in [3.8, 4) is 11.3 Å². The summed E-state index contributed by atoms with van der Waals surface area (Å²) in [6.07, 6.45) is 2.11. The van der Waals surface area contributed by atoms with Gasteiger partial charge in [-0.25, -0.2) is 4.79 Å². The Hall–Kier alpha value is -2.41. The van der Waals surface area contributed by atoms with Crippen LogP contribution in [-0.4, -0.2) is 28.6 Å². The first kappa shape index (κ1) is 16.0. The van der Waals surface area contributed by atoms with Gasteiger partial charge >= 0.3 is 12.0 Å². The minimum Gasteiger partial charge on any atom is -0.481 e. The van der Waals surface area contributed by atoms with Crippen molar-refractivity contribution in [2.45, 2.75) is 19.8 Å². The summed E-state index contributed by atoms with van der Waals surface area (Å²) in [7, 11) is 0. The highest BCUT2D eigenvalue weighted by molar-refractivity contribution is 7.10. The summed E-state index contributed by atoms with van der Waals surface area (Å²) in [4.78, 5) is 27.7. The summed E-state index contributed by atoms with van der Waals surface area (Å²) in [6, 6.07) is 5.18. The molecule has 0 aromatic carbocycles. The quantitative estimate of drug-likeness (QED) is 0.713. The Kier molecular flexibility index (Phi) is 5.48. The molecule has 3 N–H and O–H groups in total. The number of carbonyl (C=O) groups is 2. The number of hydrogen-bond donors (Lipinski definition) is 3. The third-order valence-corrected chi connectivity index (χ3v) is 3.77. The Morgan fingerprint density at radius 1 is 1.41 bits per heavy atom. The van der Waals surface area contributed by atoms with Crippen LogP contribution in [0.25, 0.3) is 11.3 Å². The van der Waals surface area contributed by atoms with Crippen molar-refractivity contribution in [2.75, 3.05) is 11.9 Å². The maximum Gasteiger partial charge on any atom is 0.319 e. The van der Waals surface area contributed by atoms with E-state index in [9.17, 15) is 9.59 Å². The van der Waals surface area contributed by atoms with E-state index >= 15 is 0 Å². The Morgan fingerprint density at radius 3 is 2.91 bits per heavy atom. The monoisotopic (exact) mass is 319 g/mol. The van der Waals surface area contributed by atoms with E-state index in [2.05, 4.69) is 15.6 Å². The summed E-state index contributed by atoms with van der Waals surface area (Å²) in [5, 5.41) is 15.9. The first-order valence-corrected chi connectivity index (χ1v) is 7.71. The number of pyridine rings is 1. The molecule has 2 aromatic heterocycles. The lowest BCUT2D eigenvalue weighted by Crippen LogP contribution is -2.30. The fraction of sp³-hybridized carbons (Fsp3) is 0.267. The molecule has 0 spiro atoms. The third kappa shape index (κ3) is 4.56. The first-order chi connectivity index (χ1) is 10.6. The normalized spacial score (nSPS) is 10.2. The van der Waals surface area contributed by atoms with Crippen LogP contribution < -0.4 is 10.6 Å². The number of carboxylic acid groups (broad SMARTS) is 1. The molecule has 2 aromatic rings. The summed E-state index contributed by atoms with van der Waals surface area (Å²) < 4.78 is 0. The van der Waals surface area contributed by atoms with E-state index in [1.807, 2.05) is 18.4 Å². The van der Waals surface area contributed by atoms with Crippen molar-refractivity contribution >= 4 is 29.0 Å². The number of amides is 2.